The molecule has 0 aliphatic heterocycles. The van der Waals surface area contributed by atoms with E-state index in [2.05, 4.69) is 36.6 Å². The topological polar surface area (TPSA) is 75.9 Å². The highest BCUT2D eigenvalue weighted by atomic mass is 79.9. The molecule has 1 aromatic heterocycles. The molecule has 0 fully saturated rings. The summed E-state index contributed by atoms with van der Waals surface area (Å²) in [6.07, 6.45) is 0. The second-order valence-corrected chi connectivity index (χ2v) is 4.81. The van der Waals surface area contributed by atoms with Crippen LogP contribution in [0.4, 0.5) is 17.5 Å². The van der Waals surface area contributed by atoms with Crippen molar-refractivity contribution in [3.05, 3.63) is 40.0 Å². The number of anilines is 3. The third kappa shape index (κ3) is 2.96. The van der Waals surface area contributed by atoms with E-state index in [-0.39, 0.29) is 0 Å². The molecule has 0 saturated carbocycles. The van der Waals surface area contributed by atoms with Crippen LogP contribution >= 0.6 is 15.9 Å². The molecule has 0 amide bonds. The Morgan fingerprint density at radius 1 is 1.17 bits per heavy atom. The number of benzene rings is 1. The van der Waals surface area contributed by atoms with E-state index in [1.54, 1.807) is 0 Å². The molecule has 5 nitrogen and oxygen atoms in total. The van der Waals surface area contributed by atoms with Crippen LogP contribution in [-0.2, 0) is 0 Å². The van der Waals surface area contributed by atoms with Crippen LogP contribution in [0.25, 0.3) is 0 Å². The first kappa shape index (κ1) is 12.8. The summed E-state index contributed by atoms with van der Waals surface area (Å²) in [4.78, 5) is 8.36. The van der Waals surface area contributed by atoms with Gasteiger partial charge in [0.1, 0.15) is 5.82 Å². The predicted molar refractivity (Wildman–Crippen MR) is 76.7 cm³/mol. The van der Waals surface area contributed by atoms with E-state index in [0.29, 0.717) is 11.8 Å². The number of halogens is 1. The van der Waals surface area contributed by atoms with Crippen molar-refractivity contribution in [3.8, 4) is 0 Å². The van der Waals surface area contributed by atoms with Crippen LogP contribution in [0.1, 0.15) is 11.3 Å². The zero-order valence-electron chi connectivity index (χ0n) is 10.2. The summed E-state index contributed by atoms with van der Waals surface area (Å²) in [6.45, 7) is 3.92. The lowest BCUT2D eigenvalue weighted by atomic mass is 10.2. The lowest BCUT2D eigenvalue weighted by Crippen LogP contribution is -2.11. The number of hydrogen-bond donors (Lipinski definition) is 3. The lowest BCUT2D eigenvalue weighted by molar-refractivity contribution is 1.07. The minimum Gasteiger partial charge on any atom is -0.340 e. The highest BCUT2D eigenvalue weighted by molar-refractivity contribution is 9.10. The van der Waals surface area contributed by atoms with E-state index in [9.17, 15) is 0 Å². The number of hydrazine groups is 1. The average molecular weight is 308 g/mol. The van der Waals surface area contributed by atoms with Crippen molar-refractivity contribution >= 4 is 33.4 Å². The average Bonchev–Trinajstić information content (AvgIpc) is 2.33. The Morgan fingerprint density at radius 2 is 1.94 bits per heavy atom. The molecule has 94 valence electrons. The first-order valence-corrected chi connectivity index (χ1v) is 6.23. The summed E-state index contributed by atoms with van der Waals surface area (Å²) in [7, 11) is 0. The third-order valence-corrected chi connectivity index (χ3v) is 3.30. The zero-order valence-corrected chi connectivity index (χ0v) is 11.7. The van der Waals surface area contributed by atoms with E-state index < -0.39 is 0 Å². The van der Waals surface area contributed by atoms with Crippen LogP contribution in [0.15, 0.2) is 28.7 Å². The third-order valence-electron chi connectivity index (χ3n) is 2.41. The van der Waals surface area contributed by atoms with Crippen molar-refractivity contribution in [2.75, 3.05) is 10.7 Å². The highest BCUT2D eigenvalue weighted by Crippen LogP contribution is 2.22. The fraction of sp³-hybridized carbons (Fsp3) is 0.167. The number of aromatic nitrogens is 2. The Labute approximate surface area is 114 Å². The molecule has 2 aromatic rings. The largest absolute Gasteiger partial charge is 0.340 e. The van der Waals surface area contributed by atoms with Crippen LogP contribution in [-0.4, -0.2) is 9.97 Å². The second-order valence-electron chi connectivity index (χ2n) is 3.95. The van der Waals surface area contributed by atoms with Gasteiger partial charge in [0.25, 0.3) is 0 Å². The number of nitrogen functional groups attached to an aromatic ring is 1. The van der Waals surface area contributed by atoms with Gasteiger partial charge >= 0.3 is 0 Å². The molecule has 18 heavy (non-hydrogen) atoms. The van der Waals surface area contributed by atoms with Gasteiger partial charge in [0.05, 0.1) is 0 Å². The van der Waals surface area contributed by atoms with E-state index in [4.69, 9.17) is 5.84 Å². The molecule has 2 rings (SSSR count). The molecule has 0 atom stereocenters. The van der Waals surface area contributed by atoms with Gasteiger partial charge in [-0.05, 0) is 37.6 Å². The monoisotopic (exact) mass is 307 g/mol. The minimum atomic E-state index is 0.395. The fourth-order valence-electron chi connectivity index (χ4n) is 1.57. The molecule has 0 spiro atoms. The van der Waals surface area contributed by atoms with Gasteiger partial charge in [0.2, 0.25) is 5.95 Å². The van der Waals surface area contributed by atoms with Gasteiger partial charge in [-0.3, -0.25) is 5.43 Å². The number of nitrogens with zero attached hydrogens (tertiary/aromatic N) is 2. The number of hydrogen-bond acceptors (Lipinski definition) is 5. The summed E-state index contributed by atoms with van der Waals surface area (Å²) in [5.41, 5.74) is 5.41. The van der Waals surface area contributed by atoms with Crippen molar-refractivity contribution in [1.29, 1.82) is 0 Å². The summed E-state index contributed by atoms with van der Waals surface area (Å²) in [5.74, 6) is 6.42. The van der Waals surface area contributed by atoms with Gasteiger partial charge in [0, 0.05) is 21.9 Å². The maximum atomic E-state index is 5.32. The van der Waals surface area contributed by atoms with Gasteiger partial charge in [-0.2, -0.15) is 4.98 Å². The first-order valence-electron chi connectivity index (χ1n) is 5.44. The van der Waals surface area contributed by atoms with Gasteiger partial charge in [-0.25, -0.2) is 10.8 Å². The Hall–Kier alpha value is -1.66. The SMILES string of the molecule is Cc1cc(Nc2ccc(Br)c(C)c2)nc(NN)n1. The van der Waals surface area contributed by atoms with Gasteiger partial charge in [0.15, 0.2) is 0 Å². The summed E-state index contributed by atoms with van der Waals surface area (Å²) >= 11 is 3.47. The second kappa shape index (κ2) is 5.32. The van der Waals surface area contributed by atoms with E-state index in [1.165, 1.54) is 0 Å². The zero-order chi connectivity index (χ0) is 13.1. The Morgan fingerprint density at radius 3 is 2.61 bits per heavy atom. The Kier molecular flexibility index (Phi) is 3.78. The molecule has 6 heteroatoms. The van der Waals surface area contributed by atoms with Crippen molar-refractivity contribution < 1.29 is 0 Å². The van der Waals surface area contributed by atoms with Crippen LogP contribution < -0.4 is 16.6 Å². The van der Waals surface area contributed by atoms with Crippen molar-refractivity contribution in [2.24, 2.45) is 5.84 Å². The fourth-order valence-corrected chi connectivity index (χ4v) is 1.81. The maximum Gasteiger partial charge on any atom is 0.239 e. The van der Waals surface area contributed by atoms with Crippen LogP contribution in [0.3, 0.4) is 0 Å². The molecular formula is C12H14BrN5. The minimum absolute atomic E-state index is 0.395. The molecule has 0 unspecified atom stereocenters. The summed E-state index contributed by atoms with van der Waals surface area (Å²) in [5, 5.41) is 3.22. The molecule has 0 bridgehead atoms. The van der Waals surface area contributed by atoms with Crippen molar-refractivity contribution in [2.45, 2.75) is 13.8 Å². The number of aryl methyl sites for hydroxylation is 2. The molecule has 1 heterocycles. The molecule has 0 aliphatic rings. The molecule has 0 aliphatic carbocycles. The molecule has 0 radical (unpaired) electrons. The molecule has 0 saturated heterocycles. The number of nitrogens with two attached hydrogens (primary N) is 1. The Balaban J connectivity index is 2.27. The standard InChI is InChI=1S/C12H14BrN5/c1-7-5-9(3-4-10(7)13)16-11-6-8(2)15-12(17-11)18-14/h3-6H,14H2,1-2H3,(H2,15,16,17,18). The van der Waals surface area contributed by atoms with E-state index in [1.807, 2.05) is 38.1 Å². The van der Waals surface area contributed by atoms with Crippen molar-refractivity contribution in [1.82, 2.24) is 9.97 Å². The van der Waals surface area contributed by atoms with E-state index >= 15 is 0 Å². The molecular weight excluding hydrogens is 294 g/mol. The number of nitrogens with one attached hydrogen (secondary N) is 2. The molecule has 4 N–H and O–H groups in total. The summed E-state index contributed by atoms with van der Waals surface area (Å²) in [6, 6.07) is 7.87. The van der Waals surface area contributed by atoms with Gasteiger partial charge < -0.3 is 5.32 Å². The van der Waals surface area contributed by atoms with Crippen LogP contribution in [0.2, 0.25) is 0 Å². The predicted octanol–water partition coefficient (Wildman–Crippen LogP) is 2.89. The lowest BCUT2D eigenvalue weighted by Gasteiger charge is -2.09. The highest BCUT2D eigenvalue weighted by Gasteiger charge is 2.02. The van der Waals surface area contributed by atoms with E-state index in [0.717, 1.165) is 21.4 Å². The maximum absolute atomic E-state index is 5.32. The quantitative estimate of drug-likeness (QED) is 0.600. The van der Waals surface area contributed by atoms with Crippen LogP contribution in [0, 0.1) is 13.8 Å². The number of rotatable bonds is 3. The Bertz CT molecular complexity index is 570. The van der Waals surface area contributed by atoms with Gasteiger partial charge in [-0.1, -0.05) is 15.9 Å². The summed E-state index contributed by atoms with van der Waals surface area (Å²) < 4.78 is 1.08. The van der Waals surface area contributed by atoms with Crippen molar-refractivity contribution in [3.63, 3.8) is 0 Å². The van der Waals surface area contributed by atoms with Gasteiger partial charge in [-0.15, -0.1) is 0 Å². The normalized spacial score (nSPS) is 10.2. The first-order chi connectivity index (χ1) is 8.58. The smallest absolute Gasteiger partial charge is 0.239 e. The molecule has 1 aromatic carbocycles. The van der Waals surface area contributed by atoms with Crippen LogP contribution in [0.5, 0.6) is 0 Å².